The highest BCUT2D eigenvalue weighted by molar-refractivity contribution is 7.98. The second kappa shape index (κ2) is 9.95. The van der Waals surface area contributed by atoms with Crippen molar-refractivity contribution in [2.75, 3.05) is 19.3 Å². The SMILES string of the molecule is CCC(C(=O)N1CCC(NCc2ccc(SC)cc2)CC1)c1ccccc1. The maximum Gasteiger partial charge on any atom is 0.230 e. The molecule has 1 aliphatic heterocycles. The third kappa shape index (κ3) is 5.36. The maximum absolute atomic E-state index is 13.0. The minimum absolute atomic E-state index is 0.00865. The molecule has 1 atom stereocenters. The van der Waals surface area contributed by atoms with E-state index >= 15 is 0 Å². The van der Waals surface area contributed by atoms with Gasteiger partial charge in [-0.2, -0.15) is 0 Å². The summed E-state index contributed by atoms with van der Waals surface area (Å²) in [5.41, 5.74) is 2.46. The van der Waals surface area contributed by atoms with Crippen LogP contribution in [0, 0.1) is 0 Å². The highest BCUT2D eigenvalue weighted by Gasteiger charge is 2.28. The number of hydrogen-bond donors (Lipinski definition) is 1. The van der Waals surface area contributed by atoms with Gasteiger partial charge in [0.15, 0.2) is 0 Å². The molecular formula is C23H30N2OS. The standard InChI is InChI=1S/C23H30N2OS/c1-3-22(19-7-5-4-6-8-19)23(26)25-15-13-20(14-16-25)24-17-18-9-11-21(27-2)12-10-18/h4-12,20,22,24H,3,13-17H2,1-2H3. The van der Waals surface area contributed by atoms with Crippen molar-refractivity contribution < 1.29 is 4.79 Å². The lowest BCUT2D eigenvalue weighted by Crippen LogP contribution is -2.46. The zero-order valence-corrected chi connectivity index (χ0v) is 17.2. The van der Waals surface area contributed by atoms with Gasteiger partial charge in [0, 0.05) is 30.6 Å². The number of nitrogens with one attached hydrogen (secondary N) is 1. The van der Waals surface area contributed by atoms with Crippen molar-refractivity contribution in [2.24, 2.45) is 0 Å². The second-order valence-electron chi connectivity index (χ2n) is 7.20. The summed E-state index contributed by atoms with van der Waals surface area (Å²) in [7, 11) is 0. The molecule has 4 heteroatoms. The Morgan fingerprint density at radius 3 is 2.37 bits per heavy atom. The number of hydrogen-bond acceptors (Lipinski definition) is 3. The molecule has 1 heterocycles. The molecular weight excluding hydrogens is 352 g/mol. The van der Waals surface area contributed by atoms with Crippen molar-refractivity contribution in [3.8, 4) is 0 Å². The normalized spacial score (nSPS) is 16.3. The van der Waals surface area contributed by atoms with Gasteiger partial charge in [0.25, 0.3) is 0 Å². The number of amides is 1. The van der Waals surface area contributed by atoms with E-state index in [9.17, 15) is 4.79 Å². The maximum atomic E-state index is 13.0. The number of piperidine rings is 1. The zero-order valence-electron chi connectivity index (χ0n) is 16.4. The van der Waals surface area contributed by atoms with Crippen LogP contribution in [0.25, 0.3) is 0 Å². The van der Waals surface area contributed by atoms with E-state index in [4.69, 9.17) is 0 Å². The van der Waals surface area contributed by atoms with Gasteiger partial charge in [-0.1, -0.05) is 49.4 Å². The first-order valence-electron chi connectivity index (χ1n) is 9.91. The number of nitrogens with zero attached hydrogens (tertiary/aromatic N) is 1. The molecule has 0 saturated carbocycles. The van der Waals surface area contributed by atoms with Gasteiger partial charge < -0.3 is 10.2 Å². The predicted molar refractivity (Wildman–Crippen MR) is 114 cm³/mol. The van der Waals surface area contributed by atoms with Crippen LogP contribution in [-0.4, -0.2) is 36.2 Å². The number of carbonyl (C=O) groups is 1. The number of benzene rings is 2. The summed E-state index contributed by atoms with van der Waals surface area (Å²) in [6, 6.07) is 19.4. The van der Waals surface area contributed by atoms with Crippen LogP contribution < -0.4 is 5.32 Å². The van der Waals surface area contributed by atoms with E-state index in [1.54, 1.807) is 11.8 Å². The van der Waals surface area contributed by atoms with Crippen molar-refractivity contribution in [3.63, 3.8) is 0 Å². The monoisotopic (exact) mass is 382 g/mol. The highest BCUT2D eigenvalue weighted by atomic mass is 32.2. The molecule has 0 aliphatic carbocycles. The molecule has 1 amide bonds. The Bertz CT molecular complexity index is 709. The first kappa shape index (κ1) is 20.0. The summed E-state index contributed by atoms with van der Waals surface area (Å²) >= 11 is 1.77. The number of likely N-dealkylation sites (tertiary alicyclic amines) is 1. The number of thioether (sulfide) groups is 1. The summed E-state index contributed by atoms with van der Waals surface area (Å²) < 4.78 is 0. The molecule has 2 aromatic rings. The van der Waals surface area contributed by atoms with Crippen LogP contribution in [0.1, 0.15) is 43.2 Å². The summed E-state index contributed by atoms with van der Waals surface area (Å²) in [4.78, 5) is 16.3. The summed E-state index contributed by atoms with van der Waals surface area (Å²) in [5.74, 6) is 0.278. The Morgan fingerprint density at radius 2 is 1.78 bits per heavy atom. The molecule has 0 spiro atoms. The highest BCUT2D eigenvalue weighted by Crippen LogP contribution is 2.24. The van der Waals surface area contributed by atoms with E-state index < -0.39 is 0 Å². The molecule has 0 radical (unpaired) electrons. The lowest BCUT2D eigenvalue weighted by molar-refractivity contribution is -0.134. The predicted octanol–water partition coefficient (Wildman–Crippen LogP) is 4.68. The van der Waals surface area contributed by atoms with E-state index in [0.717, 1.165) is 44.5 Å². The van der Waals surface area contributed by atoms with Crippen molar-refractivity contribution >= 4 is 17.7 Å². The van der Waals surface area contributed by atoms with E-state index in [0.29, 0.717) is 6.04 Å². The average Bonchev–Trinajstić information content (AvgIpc) is 2.74. The lowest BCUT2D eigenvalue weighted by atomic mass is 9.93. The molecule has 1 unspecified atom stereocenters. The van der Waals surface area contributed by atoms with Crippen LogP contribution in [-0.2, 0) is 11.3 Å². The van der Waals surface area contributed by atoms with Gasteiger partial charge in [-0.15, -0.1) is 11.8 Å². The van der Waals surface area contributed by atoms with Crippen LogP contribution in [0.2, 0.25) is 0 Å². The Morgan fingerprint density at radius 1 is 1.11 bits per heavy atom. The Balaban J connectivity index is 1.48. The van der Waals surface area contributed by atoms with Crippen molar-refractivity contribution in [3.05, 3.63) is 65.7 Å². The topological polar surface area (TPSA) is 32.3 Å². The van der Waals surface area contributed by atoms with Gasteiger partial charge in [0.2, 0.25) is 5.91 Å². The molecule has 3 nitrogen and oxygen atoms in total. The smallest absolute Gasteiger partial charge is 0.230 e. The van der Waals surface area contributed by atoms with Gasteiger partial charge in [-0.3, -0.25) is 4.79 Å². The number of rotatable bonds is 7. The van der Waals surface area contributed by atoms with Crippen molar-refractivity contribution in [1.29, 1.82) is 0 Å². The fraction of sp³-hybridized carbons (Fsp3) is 0.435. The number of carbonyl (C=O) groups excluding carboxylic acids is 1. The summed E-state index contributed by atoms with van der Waals surface area (Å²) in [5, 5.41) is 3.66. The first-order valence-corrected chi connectivity index (χ1v) is 11.1. The molecule has 1 saturated heterocycles. The molecule has 1 fully saturated rings. The third-order valence-electron chi connectivity index (χ3n) is 5.47. The van der Waals surface area contributed by atoms with Gasteiger partial charge in [0.1, 0.15) is 0 Å². The van der Waals surface area contributed by atoms with E-state index in [1.165, 1.54) is 10.5 Å². The summed E-state index contributed by atoms with van der Waals surface area (Å²) in [6.07, 6.45) is 5.01. The molecule has 0 aromatic heterocycles. The molecule has 144 valence electrons. The van der Waals surface area contributed by atoms with E-state index in [2.05, 4.69) is 59.8 Å². The molecule has 1 N–H and O–H groups in total. The minimum Gasteiger partial charge on any atom is -0.342 e. The molecule has 2 aromatic carbocycles. The van der Waals surface area contributed by atoms with Gasteiger partial charge >= 0.3 is 0 Å². The van der Waals surface area contributed by atoms with Crippen LogP contribution >= 0.6 is 11.8 Å². The third-order valence-corrected chi connectivity index (χ3v) is 6.21. The lowest BCUT2D eigenvalue weighted by Gasteiger charge is -2.34. The van der Waals surface area contributed by atoms with Crippen LogP contribution in [0.4, 0.5) is 0 Å². The van der Waals surface area contributed by atoms with Crippen LogP contribution in [0.5, 0.6) is 0 Å². The Hall–Kier alpha value is -1.78. The van der Waals surface area contributed by atoms with Crippen LogP contribution in [0.15, 0.2) is 59.5 Å². The second-order valence-corrected chi connectivity index (χ2v) is 8.08. The average molecular weight is 383 g/mol. The van der Waals surface area contributed by atoms with Crippen LogP contribution in [0.3, 0.4) is 0 Å². The molecule has 1 aliphatic rings. The Labute approximate surface area is 167 Å². The molecule has 27 heavy (non-hydrogen) atoms. The molecule has 0 bridgehead atoms. The van der Waals surface area contributed by atoms with Crippen molar-refractivity contribution in [1.82, 2.24) is 10.2 Å². The summed E-state index contributed by atoms with van der Waals surface area (Å²) in [6.45, 7) is 4.71. The fourth-order valence-electron chi connectivity index (χ4n) is 3.77. The zero-order chi connectivity index (χ0) is 19.1. The van der Waals surface area contributed by atoms with E-state index in [-0.39, 0.29) is 11.8 Å². The quantitative estimate of drug-likeness (QED) is 0.706. The molecule has 3 rings (SSSR count). The van der Waals surface area contributed by atoms with Crippen molar-refractivity contribution in [2.45, 2.75) is 49.6 Å². The fourth-order valence-corrected chi connectivity index (χ4v) is 4.18. The van der Waals surface area contributed by atoms with Gasteiger partial charge in [0.05, 0.1) is 5.92 Å². The Kier molecular flexibility index (Phi) is 7.36. The largest absolute Gasteiger partial charge is 0.342 e. The minimum atomic E-state index is -0.00865. The first-order chi connectivity index (χ1) is 13.2. The van der Waals surface area contributed by atoms with E-state index in [1.807, 2.05) is 18.2 Å². The van der Waals surface area contributed by atoms with Gasteiger partial charge in [-0.05, 0) is 48.8 Å². The van der Waals surface area contributed by atoms with Gasteiger partial charge in [-0.25, -0.2) is 0 Å².